The predicted octanol–water partition coefficient (Wildman–Crippen LogP) is 3.54. The van der Waals surface area contributed by atoms with E-state index in [1.807, 2.05) is 0 Å². The van der Waals surface area contributed by atoms with E-state index in [1.54, 1.807) is 6.07 Å². The van der Waals surface area contributed by atoms with Crippen molar-refractivity contribution in [1.29, 1.82) is 0 Å². The van der Waals surface area contributed by atoms with Gasteiger partial charge in [-0.2, -0.15) is 8.78 Å². The molecule has 2 fully saturated rings. The molecule has 8 heteroatoms. The van der Waals surface area contributed by atoms with Crippen LogP contribution in [0, 0.1) is 5.41 Å². The summed E-state index contributed by atoms with van der Waals surface area (Å²) in [5.74, 6) is 0.776. The minimum absolute atomic E-state index is 0.0280. The van der Waals surface area contributed by atoms with E-state index in [0.29, 0.717) is 17.1 Å². The minimum Gasteiger partial charge on any atom is -0.454 e. The number of carbonyl (C=O) groups is 1. The Kier molecular flexibility index (Phi) is 4.50. The maximum Gasteiger partial charge on any atom is 0.387 e. The molecule has 1 spiro atoms. The molecule has 2 saturated carbocycles. The van der Waals surface area contributed by atoms with Crippen molar-refractivity contribution in [3.05, 3.63) is 17.7 Å². The normalized spacial score (nSPS) is 22.3. The van der Waals surface area contributed by atoms with Gasteiger partial charge in [-0.15, -0.1) is 0 Å². The van der Waals surface area contributed by atoms with Gasteiger partial charge in [0.05, 0.1) is 0 Å². The van der Waals surface area contributed by atoms with E-state index in [-0.39, 0.29) is 36.6 Å². The Hall–Kier alpha value is -2.25. The van der Waals surface area contributed by atoms with E-state index in [9.17, 15) is 13.6 Å². The van der Waals surface area contributed by atoms with E-state index in [0.717, 1.165) is 6.42 Å². The average Bonchev–Trinajstić information content (AvgIpc) is 3.03. The first-order chi connectivity index (χ1) is 12.6. The maximum absolute atomic E-state index is 12.6. The van der Waals surface area contributed by atoms with E-state index < -0.39 is 6.61 Å². The largest absolute Gasteiger partial charge is 0.454 e. The Labute approximate surface area is 150 Å². The van der Waals surface area contributed by atoms with E-state index in [4.69, 9.17) is 9.47 Å². The number of hydrogen-bond acceptors (Lipinski definition) is 4. The smallest absolute Gasteiger partial charge is 0.387 e. The van der Waals surface area contributed by atoms with Crippen LogP contribution in [0.1, 0.15) is 44.1 Å². The molecule has 3 aliphatic rings. The number of fused-ring (bicyclic) bond motifs is 1. The van der Waals surface area contributed by atoms with Gasteiger partial charge in [-0.05, 0) is 30.7 Å². The van der Waals surface area contributed by atoms with Gasteiger partial charge in [0.15, 0.2) is 11.5 Å². The van der Waals surface area contributed by atoms with Crippen LogP contribution in [-0.2, 0) is 6.54 Å². The van der Waals surface area contributed by atoms with Gasteiger partial charge in [0.1, 0.15) is 5.75 Å². The zero-order valence-corrected chi connectivity index (χ0v) is 14.4. The van der Waals surface area contributed by atoms with Gasteiger partial charge in [-0.1, -0.05) is 19.3 Å². The summed E-state index contributed by atoms with van der Waals surface area (Å²) in [4.78, 5) is 12.2. The second-order valence-corrected chi connectivity index (χ2v) is 7.20. The lowest BCUT2D eigenvalue weighted by atomic mass is 9.86. The second-order valence-electron chi connectivity index (χ2n) is 7.20. The molecule has 6 nitrogen and oxygen atoms in total. The monoisotopic (exact) mass is 368 g/mol. The van der Waals surface area contributed by atoms with Crippen molar-refractivity contribution in [2.45, 2.75) is 57.7 Å². The zero-order chi connectivity index (χ0) is 18.1. The van der Waals surface area contributed by atoms with Crippen molar-refractivity contribution in [1.82, 2.24) is 10.6 Å². The molecule has 2 aliphatic carbocycles. The lowest BCUT2D eigenvalue weighted by molar-refractivity contribution is -0.0505. The van der Waals surface area contributed by atoms with Crippen molar-refractivity contribution >= 4 is 6.03 Å². The van der Waals surface area contributed by atoms with Gasteiger partial charge in [0.2, 0.25) is 6.79 Å². The fourth-order valence-electron chi connectivity index (χ4n) is 4.05. The molecule has 2 N–H and O–H groups in total. The summed E-state index contributed by atoms with van der Waals surface area (Å²) in [7, 11) is 0. The summed E-state index contributed by atoms with van der Waals surface area (Å²) in [5, 5.41) is 5.73. The highest BCUT2D eigenvalue weighted by atomic mass is 19.3. The van der Waals surface area contributed by atoms with Crippen LogP contribution in [0.25, 0.3) is 0 Å². The fourth-order valence-corrected chi connectivity index (χ4v) is 4.05. The second kappa shape index (κ2) is 6.81. The fraction of sp³-hybridized carbons (Fsp3) is 0.611. The van der Waals surface area contributed by atoms with E-state index in [1.165, 1.54) is 38.2 Å². The van der Waals surface area contributed by atoms with E-state index >= 15 is 0 Å². The molecular formula is C18H22F2N2O4. The molecule has 0 aromatic heterocycles. The Morgan fingerprint density at radius 1 is 1.23 bits per heavy atom. The SMILES string of the molecule is O=C(NCc1cc2c(cc1OC(F)F)OCO2)NC1CC12CCCCC2. The molecule has 4 rings (SSSR count). The van der Waals surface area contributed by atoms with Gasteiger partial charge in [-0.3, -0.25) is 0 Å². The molecule has 1 unspecified atom stereocenters. The molecule has 1 aromatic carbocycles. The van der Waals surface area contributed by atoms with Crippen molar-refractivity contribution in [2.24, 2.45) is 5.41 Å². The number of ether oxygens (including phenoxy) is 3. The number of hydrogen-bond donors (Lipinski definition) is 2. The number of carbonyl (C=O) groups excluding carboxylic acids is 1. The number of rotatable bonds is 5. The third-order valence-electron chi connectivity index (χ3n) is 5.56. The van der Waals surface area contributed by atoms with Gasteiger partial charge in [-0.25, -0.2) is 4.79 Å². The average molecular weight is 368 g/mol. The Bertz CT molecular complexity index is 692. The summed E-state index contributed by atoms with van der Waals surface area (Å²) in [6, 6.07) is 2.84. The molecule has 0 saturated heterocycles. The summed E-state index contributed by atoms with van der Waals surface area (Å²) < 4.78 is 40.3. The van der Waals surface area contributed by atoms with Crippen LogP contribution in [-0.4, -0.2) is 25.5 Å². The summed E-state index contributed by atoms with van der Waals surface area (Å²) >= 11 is 0. The molecule has 2 amide bonds. The van der Waals surface area contributed by atoms with Crippen LogP contribution in [0.4, 0.5) is 13.6 Å². The lowest BCUT2D eigenvalue weighted by Gasteiger charge is -2.22. The Morgan fingerprint density at radius 2 is 1.96 bits per heavy atom. The maximum atomic E-state index is 12.6. The quantitative estimate of drug-likeness (QED) is 0.834. The number of urea groups is 1. The first-order valence-electron chi connectivity index (χ1n) is 8.97. The molecule has 0 radical (unpaired) electrons. The predicted molar refractivity (Wildman–Crippen MR) is 88.5 cm³/mol. The number of alkyl halides is 2. The molecule has 26 heavy (non-hydrogen) atoms. The Morgan fingerprint density at radius 3 is 2.69 bits per heavy atom. The van der Waals surface area contributed by atoms with Crippen molar-refractivity contribution in [2.75, 3.05) is 6.79 Å². The summed E-state index contributed by atoms with van der Waals surface area (Å²) in [5.41, 5.74) is 0.700. The van der Waals surface area contributed by atoms with Crippen LogP contribution in [0.5, 0.6) is 17.2 Å². The Balaban J connectivity index is 1.36. The number of halogens is 2. The van der Waals surface area contributed by atoms with Crippen molar-refractivity contribution < 1.29 is 27.8 Å². The van der Waals surface area contributed by atoms with Gasteiger partial charge in [0.25, 0.3) is 0 Å². The molecule has 1 atom stereocenters. The van der Waals surface area contributed by atoms with Crippen LogP contribution in [0.2, 0.25) is 0 Å². The van der Waals surface area contributed by atoms with E-state index in [2.05, 4.69) is 15.4 Å². The molecule has 1 heterocycles. The standard InChI is InChI=1S/C18H22F2N2O4/c19-16(20)26-12-7-14-13(24-10-25-14)6-11(12)9-21-17(23)22-15-8-18(15)4-2-1-3-5-18/h6-7,15-16H,1-5,8-10H2,(H2,21,22,23). The first kappa shape index (κ1) is 17.2. The van der Waals surface area contributed by atoms with Crippen LogP contribution in [0.3, 0.4) is 0 Å². The number of amides is 2. The summed E-state index contributed by atoms with van der Waals surface area (Å²) in [6.45, 7) is -2.87. The molecule has 142 valence electrons. The van der Waals surface area contributed by atoms with Crippen molar-refractivity contribution in [3.8, 4) is 17.2 Å². The first-order valence-corrected chi connectivity index (χ1v) is 8.97. The third-order valence-corrected chi connectivity index (χ3v) is 5.56. The van der Waals surface area contributed by atoms with Crippen LogP contribution >= 0.6 is 0 Å². The molecule has 1 aromatic rings. The zero-order valence-electron chi connectivity index (χ0n) is 14.4. The van der Waals surface area contributed by atoms with Gasteiger partial charge < -0.3 is 24.8 Å². The van der Waals surface area contributed by atoms with Crippen LogP contribution in [0.15, 0.2) is 12.1 Å². The molecule has 0 bridgehead atoms. The number of nitrogens with one attached hydrogen (secondary N) is 2. The molecule has 1 aliphatic heterocycles. The third kappa shape index (κ3) is 3.50. The number of benzene rings is 1. The van der Waals surface area contributed by atoms with Crippen molar-refractivity contribution in [3.63, 3.8) is 0 Å². The highest BCUT2D eigenvalue weighted by molar-refractivity contribution is 5.75. The minimum atomic E-state index is -2.96. The highest BCUT2D eigenvalue weighted by Crippen LogP contribution is 2.56. The van der Waals surface area contributed by atoms with Gasteiger partial charge in [0, 0.05) is 24.2 Å². The topological polar surface area (TPSA) is 68.8 Å². The summed E-state index contributed by atoms with van der Waals surface area (Å²) in [6.07, 6.45) is 7.11. The van der Waals surface area contributed by atoms with Crippen LogP contribution < -0.4 is 24.8 Å². The lowest BCUT2D eigenvalue weighted by Crippen LogP contribution is -2.38. The van der Waals surface area contributed by atoms with Gasteiger partial charge >= 0.3 is 12.6 Å². The highest BCUT2D eigenvalue weighted by Gasteiger charge is 2.54. The molecular weight excluding hydrogens is 346 g/mol.